The van der Waals surface area contributed by atoms with Crippen molar-refractivity contribution in [3.63, 3.8) is 0 Å². The van der Waals surface area contributed by atoms with E-state index in [4.69, 9.17) is 4.74 Å². The van der Waals surface area contributed by atoms with E-state index < -0.39 is 6.10 Å². The van der Waals surface area contributed by atoms with Crippen molar-refractivity contribution in [1.82, 2.24) is 0 Å². The maximum atomic E-state index is 10.8. The van der Waals surface area contributed by atoms with Crippen LogP contribution in [-0.4, -0.2) is 23.9 Å². The van der Waals surface area contributed by atoms with Crippen LogP contribution in [0.5, 0.6) is 0 Å². The predicted molar refractivity (Wildman–Crippen MR) is 83.0 cm³/mol. The molecule has 0 aromatic heterocycles. The summed E-state index contributed by atoms with van der Waals surface area (Å²) in [5.74, 6) is 0.636. The summed E-state index contributed by atoms with van der Waals surface area (Å²) >= 11 is 0. The molecule has 3 atom stereocenters. The van der Waals surface area contributed by atoms with Crippen molar-refractivity contribution < 1.29 is 9.84 Å². The molecule has 1 fully saturated rings. The van der Waals surface area contributed by atoms with E-state index in [9.17, 15) is 5.11 Å². The molecule has 2 rings (SSSR count). The van der Waals surface area contributed by atoms with Gasteiger partial charge in [-0.1, -0.05) is 43.5 Å². The molecule has 1 aliphatic carbocycles. The highest BCUT2D eigenvalue weighted by Crippen LogP contribution is 2.38. The van der Waals surface area contributed by atoms with Gasteiger partial charge in [0.2, 0.25) is 0 Å². The van der Waals surface area contributed by atoms with Gasteiger partial charge in [0.15, 0.2) is 0 Å². The molecule has 1 aromatic carbocycles. The first-order valence-corrected chi connectivity index (χ1v) is 7.76. The lowest BCUT2D eigenvalue weighted by molar-refractivity contribution is -0.131. The number of aryl methyl sites for hydroxylation is 2. The molecule has 1 N–H and O–H groups in total. The van der Waals surface area contributed by atoms with Crippen LogP contribution in [0, 0.1) is 19.8 Å². The molecule has 0 radical (unpaired) electrons. The standard InChI is InChI=1S/C18H28O2/c1-13-7-8-15(3)16(10-13)11-17(19)18(20-4)9-5-6-14(2)12-18/h7-8,10,14,17,19H,5-6,9,11-12H2,1-4H3. The Hall–Kier alpha value is -0.860. The molecule has 3 unspecified atom stereocenters. The van der Waals surface area contributed by atoms with Gasteiger partial charge in [-0.15, -0.1) is 0 Å². The number of methoxy groups -OCH3 is 1. The Morgan fingerprint density at radius 2 is 2.15 bits per heavy atom. The zero-order chi connectivity index (χ0) is 14.8. The predicted octanol–water partition coefficient (Wildman–Crippen LogP) is 3.80. The lowest BCUT2D eigenvalue weighted by Gasteiger charge is -2.42. The number of rotatable bonds is 4. The fourth-order valence-corrected chi connectivity index (χ4v) is 3.58. The van der Waals surface area contributed by atoms with Crippen LogP contribution in [0.1, 0.15) is 49.3 Å². The fraction of sp³-hybridized carbons (Fsp3) is 0.667. The molecule has 20 heavy (non-hydrogen) atoms. The summed E-state index contributed by atoms with van der Waals surface area (Å²) in [6, 6.07) is 6.45. The van der Waals surface area contributed by atoms with Gasteiger partial charge >= 0.3 is 0 Å². The smallest absolute Gasteiger partial charge is 0.0942 e. The summed E-state index contributed by atoms with van der Waals surface area (Å²) in [5, 5.41) is 10.8. The first-order chi connectivity index (χ1) is 9.47. The van der Waals surface area contributed by atoms with Crippen LogP contribution in [0.25, 0.3) is 0 Å². The van der Waals surface area contributed by atoms with Crippen LogP contribution in [0.4, 0.5) is 0 Å². The van der Waals surface area contributed by atoms with Crippen molar-refractivity contribution in [1.29, 1.82) is 0 Å². The van der Waals surface area contributed by atoms with Gasteiger partial charge in [0.25, 0.3) is 0 Å². The van der Waals surface area contributed by atoms with Crippen molar-refractivity contribution in [2.24, 2.45) is 5.92 Å². The van der Waals surface area contributed by atoms with Gasteiger partial charge in [-0.3, -0.25) is 0 Å². The number of hydrogen-bond donors (Lipinski definition) is 1. The number of aliphatic hydroxyl groups excluding tert-OH is 1. The molecule has 1 saturated carbocycles. The Balaban J connectivity index is 2.16. The van der Waals surface area contributed by atoms with E-state index in [0.717, 1.165) is 19.3 Å². The molecule has 1 aromatic rings. The van der Waals surface area contributed by atoms with Gasteiger partial charge in [0.05, 0.1) is 11.7 Å². The molecule has 0 aliphatic heterocycles. The van der Waals surface area contributed by atoms with Gasteiger partial charge < -0.3 is 9.84 Å². The average Bonchev–Trinajstić information content (AvgIpc) is 2.42. The molecule has 0 heterocycles. The van der Waals surface area contributed by atoms with Crippen LogP contribution < -0.4 is 0 Å². The summed E-state index contributed by atoms with van der Waals surface area (Å²) in [6.07, 6.45) is 4.61. The van der Waals surface area contributed by atoms with Crippen molar-refractivity contribution in [2.45, 2.75) is 64.6 Å². The second kappa shape index (κ2) is 6.28. The molecule has 2 heteroatoms. The van der Waals surface area contributed by atoms with Gasteiger partial charge in [-0.25, -0.2) is 0 Å². The second-order valence-electron chi connectivity index (χ2n) is 6.62. The molecule has 1 aliphatic rings. The largest absolute Gasteiger partial charge is 0.390 e. The van der Waals surface area contributed by atoms with E-state index in [1.165, 1.54) is 23.1 Å². The summed E-state index contributed by atoms with van der Waals surface area (Å²) in [5.41, 5.74) is 3.40. The molecular weight excluding hydrogens is 248 g/mol. The van der Waals surface area contributed by atoms with Crippen LogP contribution in [0.3, 0.4) is 0 Å². The number of aliphatic hydroxyl groups is 1. The Labute approximate surface area is 123 Å². The molecule has 112 valence electrons. The Bertz CT molecular complexity index is 455. The van der Waals surface area contributed by atoms with Crippen molar-refractivity contribution >= 4 is 0 Å². The molecule has 0 saturated heterocycles. The van der Waals surface area contributed by atoms with Crippen LogP contribution in [0.2, 0.25) is 0 Å². The lowest BCUT2D eigenvalue weighted by atomic mass is 9.74. The minimum Gasteiger partial charge on any atom is -0.390 e. The van der Waals surface area contributed by atoms with E-state index in [1.807, 2.05) is 0 Å². The Morgan fingerprint density at radius 1 is 1.40 bits per heavy atom. The van der Waals surface area contributed by atoms with Crippen LogP contribution >= 0.6 is 0 Å². The monoisotopic (exact) mass is 276 g/mol. The number of hydrogen-bond acceptors (Lipinski definition) is 2. The maximum Gasteiger partial charge on any atom is 0.0942 e. The summed E-state index contributed by atoms with van der Waals surface area (Å²) in [6.45, 7) is 6.48. The molecule has 0 bridgehead atoms. The minimum absolute atomic E-state index is 0.353. The number of ether oxygens (including phenoxy) is 1. The zero-order valence-electron chi connectivity index (χ0n) is 13.3. The van der Waals surface area contributed by atoms with Gasteiger partial charge in [0, 0.05) is 13.5 Å². The third-order valence-electron chi connectivity index (χ3n) is 4.92. The highest BCUT2D eigenvalue weighted by Gasteiger charge is 2.41. The third kappa shape index (κ3) is 3.24. The zero-order valence-corrected chi connectivity index (χ0v) is 13.3. The summed E-state index contributed by atoms with van der Waals surface area (Å²) < 4.78 is 5.80. The highest BCUT2D eigenvalue weighted by molar-refractivity contribution is 5.31. The van der Waals surface area contributed by atoms with Gasteiger partial charge in [0.1, 0.15) is 0 Å². The molecular formula is C18H28O2. The Morgan fingerprint density at radius 3 is 2.80 bits per heavy atom. The Kier molecular flexibility index (Phi) is 4.87. The quantitative estimate of drug-likeness (QED) is 0.906. The van der Waals surface area contributed by atoms with Crippen molar-refractivity contribution in [2.75, 3.05) is 7.11 Å². The van der Waals surface area contributed by atoms with Gasteiger partial charge in [-0.2, -0.15) is 0 Å². The molecule has 0 amide bonds. The fourth-order valence-electron chi connectivity index (χ4n) is 3.58. The summed E-state index contributed by atoms with van der Waals surface area (Å²) in [7, 11) is 1.75. The first kappa shape index (κ1) is 15.5. The van der Waals surface area contributed by atoms with Crippen LogP contribution in [0.15, 0.2) is 18.2 Å². The van der Waals surface area contributed by atoms with E-state index in [0.29, 0.717) is 12.3 Å². The lowest BCUT2D eigenvalue weighted by Crippen LogP contribution is -2.48. The van der Waals surface area contributed by atoms with Crippen LogP contribution in [-0.2, 0) is 11.2 Å². The second-order valence-corrected chi connectivity index (χ2v) is 6.62. The minimum atomic E-state index is -0.421. The van der Waals surface area contributed by atoms with E-state index >= 15 is 0 Å². The number of benzene rings is 1. The van der Waals surface area contributed by atoms with E-state index in [1.54, 1.807) is 7.11 Å². The topological polar surface area (TPSA) is 29.5 Å². The SMILES string of the molecule is COC1(C(O)Cc2cc(C)ccc2C)CCCC(C)C1. The average molecular weight is 276 g/mol. The maximum absolute atomic E-state index is 10.8. The summed E-state index contributed by atoms with van der Waals surface area (Å²) in [4.78, 5) is 0. The molecule has 0 spiro atoms. The first-order valence-electron chi connectivity index (χ1n) is 7.76. The normalized spacial score (nSPS) is 28.4. The molecule has 2 nitrogen and oxygen atoms in total. The van der Waals surface area contributed by atoms with E-state index in [2.05, 4.69) is 39.0 Å². The van der Waals surface area contributed by atoms with E-state index in [-0.39, 0.29) is 5.60 Å². The van der Waals surface area contributed by atoms with Gasteiger partial charge in [-0.05, 0) is 43.7 Å². The van der Waals surface area contributed by atoms with Crippen molar-refractivity contribution in [3.8, 4) is 0 Å². The third-order valence-corrected chi connectivity index (χ3v) is 4.92. The highest BCUT2D eigenvalue weighted by atomic mass is 16.5. The van der Waals surface area contributed by atoms with Crippen molar-refractivity contribution in [3.05, 3.63) is 34.9 Å².